The van der Waals surface area contributed by atoms with Crippen LogP contribution in [0.1, 0.15) is 24.0 Å². The van der Waals surface area contributed by atoms with Crippen molar-refractivity contribution in [3.63, 3.8) is 0 Å². The van der Waals surface area contributed by atoms with Crippen molar-refractivity contribution in [2.24, 2.45) is 0 Å². The second-order valence-corrected chi connectivity index (χ2v) is 6.58. The van der Waals surface area contributed by atoms with E-state index in [1.807, 2.05) is 35.7 Å². The second kappa shape index (κ2) is 7.69. The SMILES string of the molecule is CCSC(SCC)c1cc(OC)c(O)c(OC)c1. The van der Waals surface area contributed by atoms with E-state index in [0.29, 0.717) is 16.1 Å². The molecule has 0 saturated heterocycles. The molecule has 0 atom stereocenters. The number of thioether (sulfide) groups is 2. The number of methoxy groups -OCH3 is 2. The van der Waals surface area contributed by atoms with Gasteiger partial charge in [-0.2, -0.15) is 0 Å². The predicted molar refractivity (Wildman–Crippen MR) is 80.2 cm³/mol. The van der Waals surface area contributed by atoms with Crippen LogP contribution in [0.2, 0.25) is 0 Å². The van der Waals surface area contributed by atoms with Crippen LogP contribution in [0.15, 0.2) is 12.1 Å². The highest BCUT2D eigenvalue weighted by Gasteiger charge is 2.17. The van der Waals surface area contributed by atoms with Crippen LogP contribution in [0.25, 0.3) is 0 Å². The Morgan fingerprint density at radius 1 is 1.06 bits per heavy atom. The van der Waals surface area contributed by atoms with E-state index in [1.54, 1.807) is 14.2 Å². The number of phenols is 1. The number of phenolic OH excluding ortho intramolecular Hbond substituents is 1. The van der Waals surface area contributed by atoms with Crippen LogP contribution in [0.5, 0.6) is 17.2 Å². The fraction of sp³-hybridized carbons (Fsp3) is 0.538. The molecule has 18 heavy (non-hydrogen) atoms. The molecule has 0 aliphatic heterocycles. The van der Waals surface area contributed by atoms with Gasteiger partial charge in [-0.15, -0.1) is 23.5 Å². The van der Waals surface area contributed by atoms with E-state index in [0.717, 1.165) is 17.1 Å². The minimum Gasteiger partial charge on any atom is -0.502 e. The van der Waals surface area contributed by atoms with Crippen LogP contribution >= 0.6 is 23.5 Å². The van der Waals surface area contributed by atoms with Crippen LogP contribution < -0.4 is 9.47 Å². The average Bonchev–Trinajstić information content (AvgIpc) is 2.39. The first-order chi connectivity index (χ1) is 8.67. The highest BCUT2D eigenvalue weighted by atomic mass is 32.2. The Hall–Kier alpha value is -0.680. The van der Waals surface area contributed by atoms with Gasteiger partial charge < -0.3 is 14.6 Å². The number of hydrogen-bond donors (Lipinski definition) is 1. The van der Waals surface area contributed by atoms with Gasteiger partial charge >= 0.3 is 0 Å². The Morgan fingerprint density at radius 2 is 1.50 bits per heavy atom. The van der Waals surface area contributed by atoms with Gasteiger partial charge in [-0.3, -0.25) is 0 Å². The van der Waals surface area contributed by atoms with E-state index in [2.05, 4.69) is 13.8 Å². The smallest absolute Gasteiger partial charge is 0.200 e. The first-order valence-corrected chi connectivity index (χ1v) is 7.95. The molecule has 102 valence electrons. The van der Waals surface area contributed by atoms with Gasteiger partial charge in [0.25, 0.3) is 0 Å². The summed E-state index contributed by atoms with van der Waals surface area (Å²) in [6.07, 6.45) is 0. The Kier molecular flexibility index (Phi) is 6.57. The summed E-state index contributed by atoms with van der Waals surface area (Å²) >= 11 is 3.74. The molecule has 3 nitrogen and oxygen atoms in total. The average molecular weight is 288 g/mol. The summed E-state index contributed by atoms with van der Waals surface area (Å²) in [5.74, 6) is 3.07. The normalized spacial score (nSPS) is 10.7. The van der Waals surface area contributed by atoms with Crippen molar-refractivity contribution in [3.8, 4) is 17.2 Å². The van der Waals surface area contributed by atoms with Crippen molar-refractivity contribution in [1.29, 1.82) is 0 Å². The summed E-state index contributed by atoms with van der Waals surface area (Å²) in [5.41, 5.74) is 1.11. The molecule has 1 N–H and O–H groups in total. The standard InChI is InChI=1S/C13H20O3S2/c1-5-17-13(18-6-2)9-7-10(15-3)12(14)11(8-9)16-4/h7-8,13-14H,5-6H2,1-4H3. The van der Waals surface area contributed by atoms with Crippen molar-refractivity contribution < 1.29 is 14.6 Å². The van der Waals surface area contributed by atoms with Crippen LogP contribution in [0.4, 0.5) is 0 Å². The Labute approximate surface area is 117 Å². The number of ether oxygens (including phenoxy) is 2. The number of hydrogen-bond acceptors (Lipinski definition) is 5. The zero-order chi connectivity index (χ0) is 13.5. The summed E-state index contributed by atoms with van der Waals surface area (Å²) in [5, 5.41) is 9.89. The molecule has 5 heteroatoms. The maximum atomic E-state index is 9.89. The van der Waals surface area contributed by atoms with Crippen LogP contribution in [0.3, 0.4) is 0 Å². The highest BCUT2D eigenvalue weighted by molar-refractivity contribution is 8.16. The molecule has 0 amide bonds. The minimum absolute atomic E-state index is 0.0606. The van der Waals surface area contributed by atoms with Gasteiger partial charge in [0.15, 0.2) is 11.5 Å². The van der Waals surface area contributed by atoms with E-state index in [1.165, 1.54) is 0 Å². The van der Waals surface area contributed by atoms with E-state index in [9.17, 15) is 5.11 Å². The monoisotopic (exact) mass is 288 g/mol. The predicted octanol–water partition coefficient (Wildman–Crippen LogP) is 3.91. The van der Waals surface area contributed by atoms with Crippen molar-refractivity contribution >= 4 is 23.5 Å². The topological polar surface area (TPSA) is 38.7 Å². The Morgan fingerprint density at radius 3 is 1.83 bits per heavy atom. The van der Waals surface area contributed by atoms with Crippen LogP contribution in [0, 0.1) is 0 Å². The molecular formula is C13H20O3S2. The van der Waals surface area contributed by atoms with E-state index >= 15 is 0 Å². The molecule has 0 saturated carbocycles. The lowest BCUT2D eigenvalue weighted by atomic mass is 10.2. The second-order valence-electron chi connectivity index (χ2n) is 3.52. The largest absolute Gasteiger partial charge is 0.502 e. The van der Waals surface area contributed by atoms with Gasteiger partial charge in [0, 0.05) is 0 Å². The number of rotatable bonds is 7. The summed E-state index contributed by atoms with van der Waals surface area (Å²) < 4.78 is 10.7. The number of aromatic hydroxyl groups is 1. The maximum absolute atomic E-state index is 9.89. The van der Waals surface area contributed by atoms with Crippen LogP contribution in [-0.2, 0) is 0 Å². The molecule has 0 unspecified atom stereocenters. The zero-order valence-electron chi connectivity index (χ0n) is 11.2. The molecule has 0 aliphatic carbocycles. The van der Waals surface area contributed by atoms with Crippen molar-refractivity contribution in [3.05, 3.63) is 17.7 Å². The van der Waals surface area contributed by atoms with Gasteiger partial charge in [-0.25, -0.2) is 0 Å². The lowest BCUT2D eigenvalue weighted by molar-refractivity contribution is 0.339. The lowest BCUT2D eigenvalue weighted by Gasteiger charge is -2.18. The first kappa shape index (κ1) is 15.4. The van der Waals surface area contributed by atoms with E-state index < -0.39 is 0 Å². The molecule has 0 bridgehead atoms. The summed E-state index contributed by atoms with van der Waals surface area (Å²) in [7, 11) is 3.10. The maximum Gasteiger partial charge on any atom is 0.200 e. The van der Waals surface area contributed by atoms with Gasteiger partial charge in [0.2, 0.25) is 5.75 Å². The Bertz CT molecular complexity index is 351. The molecular weight excluding hydrogens is 268 g/mol. The van der Waals surface area contributed by atoms with Crippen molar-refractivity contribution in [2.75, 3.05) is 25.7 Å². The third-order valence-corrected chi connectivity index (χ3v) is 5.04. The molecule has 1 aromatic rings. The van der Waals surface area contributed by atoms with Crippen molar-refractivity contribution in [1.82, 2.24) is 0 Å². The molecule has 0 heterocycles. The minimum atomic E-state index is 0.0606. The zero-order valence-corrected chi connectivity index (χ0v) is 12.9. The fourth-order valence-electron chi connectivity index (χ4n) is 1.59. The molecule has 1 aromatic carbocycles. The third-order valence-electron chi connectivity index (χ3n) is 2.41. The molecule has 0 radical (unpaired) electrons. The fourth-order valence-corrected chi connectivity index (χ4v) is 4.06. The molecule has 0 aromatic heterocycles. The molecule has 0 spiro atoms. The number of benzene rings is 1. The summed E-state index contributed by atoms with van der Waals surface area (Å²) in [4.78, 5) is 0. The molecule has 0 aliphatic rings. The van der Waals surface area contributed by atoms with Gasteiger partial charge in [0.05, 0.1) is 18.8 Å². The first-order valence-electron chi connectivity index (χ1n) is 5.85. The van der Waals surface area contributed by atoms with E-state index in [-0.39, 0.29) is 5.75 Å². The highest BCUT2D eigenvalue weighted by Crippen LogP contribution is 2.45. The van der Waals surface area contributed by atoms with Gasteiger partial charge in [0.1, 0.15) is 0 Å². The van der Waals surface area contributed by atoms with Gasteiger partial charge in [-0.05, 0) is 29.2 Å². The van der Waals surface area contributed by atoms with Crippen molar-refractivity contribution in [2.45, 2.75) is 18.4 Å². The molecule has 1 rings (SSSR count). The molecule has 0 fully saturated rings. The van der Waals surface area contributed by atoms with E-state index in [4.69, 9.17) is 9.47 Å². The third kappa shape index (κ3) is 3.65. The lowest BCUT2D eigenvalue weighted by Crippen LogP contribution is -1.96. The van der Waals surface area contributed by atoms with Crippen LogP contribution in [-0.4, -0.2) is 30.8 Å². The summed E-state index contributed by atoms with van der Waals surface area (Å²) in [6, 6.07) is 3.77. The quantitative estimate of drug-likeness (QED) is 0.770. The van der Waals surface area contributed by atoms with Gasteiger partial charge in [-0.1, -0.05) is 13.8 Å². The Balaban J connectivity index is 3.13. The summed E-state index contributed by atoms with van der Waals surface area (Å²) in [6.45, 7) is 4.28.